The maximum Gasteiger partial charge on any atom is 0.142 e. The molecule has 0 aliphatic heterocycles. The third kappa shape index (κ3) is 2.20. The molecule has 0 aliphatic rings. The number of hydrogen-bond donors (Lipinski definition) is 0. The summed E-state index contributed by atoms with van der Waals surface area (Å²) in [6, 6.07) is 9.85. The highest BCUT2D eigenvalue weighted by atomic mass is 16.1. The van der Waals surface area contributed by atoms with E-state index in [1.54, 1.807) is 19.3 Å². The zero-order valence-electron chi connectivity index (χ0n) is 11.5. The molecule has 0 N–H and O–H groups in total. The first-order valence-electron chi connectivity index (χ1n) is 6.50. The van der Waals surface area contributed by atoms with Gasteiger partial charge in [-0.15, -0.1) is 0 Å². The van der Waals surface area contributed by atoms with E-state index in [0.29, 0.717) is 6.42 Å². The van der Waals surface area contributed by atoms with Crippen LogP contribution in [0.4, 0.5) is 0 Å². The Kier molecular flexibility index (Phi) is 3.06. The maximum absolute atomic E-state index is 11.2. The lowest BCUT2D eigenvalue weighted by molar-refractivity contribution is -0.116. The molecule has 0 saturated carbocycles. The topological polar surface area (TPSA) is 47.8 Å². The van der Waals surface area contributed by atoms with E-state index in [2.05, 4.69) is 9.97 Å². The van der Waals surface area contributed by atoms with Crippen molar-refractivity contribution >= 4 is 16.8 Å². The molecule has 1 aromatic carbocycles. The van der Waals surface area contributed by atoms with Crippen molar-refractivity contribution in [2.24, 2.45) is 7.05 Å². The summed E-state index contributed by atoms with van der Waals surface area (Å²) in [5, 5.41) is 0. The van der Waals surface area contributed by atoms with Gasteiger partial charge < -0.3 is 4.57 Å². The summed E-state index contributed by atoms with van der Waals surface area (Å²) in [6.45, 7) is 1.61. The SMILES string of the molecule is CC(=O)Cc1ccc2nc(-c3cccnc3)n(C)c2c1. The lowest BCUT2D eigenvalue weighted by Gasteiger charge is -2.02. The quantitative estimate of drug-likeness (QED) is 0.731. The molecule has 2 aromatic heterocycles. The second-order valence-corrected chi connectivity index (χ2v) is 4.94. The van der Waals surface area contributed by atoms with Crippen molar-refractivity contribution in [2.45, 2.75) is 13.3 Å². The molecule has 0 unspecified atom stereocenters. The molecule has 0 atom stereocenters. The van der Waals surface area contributed by atoms with E-state index in [4.69, 9.17) is 0 Å². The number of rotatable bonds is 3. The molecule has 0 amide bonds. The first-order chi connectivity index (χ1) is 9.65. The minimum Gasteiger partial charge on any atom is -0.327 e. The molecule has 2 heterocycles. The van der Waals surface area contributed by atoms with Gasteiger partial charge in [0.2, 0.25) is 0 Å². The van der Waals surface area contributed by atoms with E-state index in [1.807, 2.05) is 41.9 Å². The number of carbonyl (C=O) groups excluding carboxylic acids is 1. The monoisotopic (exact) mass is 265 g/mol. The van der Waals surface area contributed by atoms with Gasteiger partial charge in [0.1, 0.15) is 11.6 Å². The number of aromatic nitrogens is 3. The number of carbonyl (C=O) groups is 1. The van der Waals surface area contributed by atoms with Crippen LogP contribution < -0.4 is 0 Å². The predicted molar refractivity (Wildman–Crippen MR) is 78.3 cm³/mol. The Morgan fingerprint density at radius 1 is 1.30 bits per heavy atom. The van der Waals surface area contributed by atoms with Crippen LogP contribution in [0.1, 0.15) is 12.5 Å². The Bertz CT molecular complexity index is 775. The first-order valence-corrected chi connectivity index (χ1v) is 6.50. The summed E-state index contributed by atoms with van der Waals surface area (Å²) in [5.41, 5.74) is 3.96. The van der Waals surface area contributed by atoms with Gasteiger partial charge in [-0.25, -0.2) is 4.98 Å². The zero-order valence-corrected chi connectivity index (χ0v) is 11.5. The largest absolute Gasteiger partial charge is 0.327 e. The summed E-state index contributed by atoms with van der Waals surface area (Å²) >= 11 is 0. The van der Waals surface area contributed by atoms with Crippen LogP contribution in [0.2, 0.25) is 0 Å². The van der Waals surface area contributed by atoms with Crippen molar-refractivity contribution < 1.29 is 4.79 Å². The molecule has 20 heavy (non-hydrogen) atoms. The molecule has 3 rings (SSSR count). The normalized spacial score (nSPS) is 10.9. The number of hydrogen-bond acceptors (Lipinski definition) is 3. The van der Waals surface area contributed by atoms with E-state index in [9.17, 15) is 4.79 Å². The summed E-state index contributed by atoms with van der Waals surface area (Å²) in [4.78, 5) is 20.0. The molecule has 4 heteroatoms. The molecule has 0 spiro atoms. The Morgan fingerprint density at radius 3 is 2.85 bits per heavy atom. The highest BCUT2D eigenvalue weighted by Gasteiger charge is 2.10. The number of imidazole rings is 1. The van der Waals surface area contributed by atoms with E-state index in [0.717, 1.165) is 28.0 Å². The van der Waals surface area contributed by atoms with Gasteiger partial charge in [-0.1, -0.05) is 6.07 Å². The molecule has 0 saturated heterocycles. The number of Topliss-reactive ketones (excluding diaryl/α,β-unsaturated/α-hetero) is 1. The van der Waals surface area contributed by atoms with Crippen molar-refractivity contribution in [1.82, 2.24) is 14.5 Å². The summed E-state index contributed by atoms with van der Waals surface area (Å²) < 4.78 is 2.04. The van der Waals surface area contributed by atoms with Crippen LogP contribution in [0, 0.1) is 0 Å². The van der Waals surface area contributed by atoms with E-state index >= 15 is 0 Å². The minimum atomic E-state index is 0.166. The molecule has 0 aliphatic carbocycles. The molecule has 100 valence electrons. The van der Waals surface area contributed by atoms with Crippen LogP contribution in [0.25, 0.3) is 22.4 Å². The number of ketones is 1. The number of nitrogens with zero attached hydrogens (tertiary/aromatic N) is 3. The predicted octanol–water partition coefficient (Wildman–Crippen LogP) is 2.77. The Hall–Kier alpha value is -2.49. The van der Waals surface area contributed by atoms with Crippen molar-refractivity contribution in [1.29, 1.82) is 0 Å². The average Bonchev–Trinajstić information content (AvgIpc) is 2.76. The number of benzene rings is 1. The average molecular weight is 265 g/mol. The van der Waals surface area contributed by atoms with Gasteiger partial charge in [0.05, 0.1) is 11.0 Å². The van der Waals surface area contributed by atoms with Crippen LogP contribution in [-0.4, -0.2) is 20.3 Å². The third-order valence-corrected chi connectivity index (χ3v) is 3.32. The van der Waals surface area contributed by atoms with Crippen molar-refractivity contribution in [3.05, 3.63) is 48.3 Å². The van der Waals surface area contributed by atoms with Gasteiger partial charge in [-0.05, 0) is 36.8 Å². The molecule has 3 aromatic rings. The van der Waals surface area contributed by atoms with Crippen LogP contribution >= 0.6 is 0 Å². The van der Waals surface area contributed by atoms with Gasteiger partial charge >= 0.3 is 0 Å². The second-order valence-electron chi connectivity index (χ2n) is 4.94. The van der Waals surface area contributed by atoms with Gasteiger partial charge in [0, 0.05) is 31.4 Å². The van der Waals surface area contributed by atoms with E-state index in [1.165, 1.54) is 0 Å². The fourth-order valence-corrected chi connectivity index (χ4v) is 2.39. The zero-order chi connectivity index (χ0) is 14.1. The number of pyridine rings is 1. The van der Waals surface area contributed by atoms with Crippen LogP contribution in [0.3, 0.4) is 0 Å². The Morgan fingerprint density at radius 2 is 2.15 bits per heavy atom. The molecule has 0 fully saturated rings. The van der Waals surface area contributed by atoms with Crippen molar-refractivity contribution in [3.63, 3.8) is 0 Å². The minimum absolute atomic E-state index is 0.166. The van der Waals surface area contributed by atoms with Crippen LogP contribution in [-0.2, 0) is 18.3 Å². The fraction of sp³-hybridized carbons (Fsp3) is 0.188. The van der Waals surface area contributed by atoms with Gasteiger partial charge in [0.15, 0.2) is 0 Å². The van der Waals surface area contributed by atoms with Gasteiger partial charge in [0.25, 0.3) is 0 Å². The Labute approximate surface area is 117 Å². The third-order valence-electron chi connectivity index (χ3n) is 3.32. The molecule has 0 radical (unpaired) electrons. The summed E-state index contributed by atoms with van der Waals surface area (Å²) in [6.07, 6.45) is 4.01. The smallest absolute Gasteiger partial charge is 0.142 e. The summed E-state index contributed by atoms with van der Waals surface area (Å²) in [5.74, 6) is 1.05. The van der Waals surface area contributed by atoms with Crippen molar-refractivity contribution in [3.8, 4) is 11.4 Å². The molecular weight excluding hydrogens is 250 g/mol. The summed E-state index contributed by atoms with van der Waals surface area (Å²) in [7, 11) is 1.98. The van der Waals surface area contributed by atoms with Gasteiger partial charge in [-0.3, -0.25) is 9.78 Å². The molecule has 4 nitrogen and oxygen atoms in total. The van der Waals surface area contributed by atoms with Crippen molar-refractivity contribution in [2.75, 3.05) is 0 Å². The van der Waals surface area contributed by atoms with Crippen LogP contribution in [0.15, 0.2) is 42.7 Å². The lowest BCUT2D eigenvalue weighted by atomic mass is 10.1. The van der Waals surface area contributed by atoms with E-state index < -0.39 is 0 Å². The highest BCUT2D eigenvalue weighted by Crippen LogP contribution is 2.23. The fourth-order valence-electron chi connectivity index (χ4n) is 2.39. The number of fused-ring (bicyclic) bond motifs is 1. The Balaban J connectivity index is 2.13. The lowest BCUT2D eigenvalue weighted by Crippen LogP contribution is -1.97. The first kappa shape index (κ1) is 12.5. The molecular formula is C16H15N3O. The molecule has 0 bridgehead atoms. The maximum atomic E-state index is 11.2. The number of aryl methyl sites for hydroxylation is 1. The highest BCUT2D eigenvalue weighted by molar-refractivity contribution is 5.83. The van der Waals surface area contributed by atoms with Crippen LogP contribution in [0.5, 0.6) is 0 Å². The standard InChI is InChI=1S/C16H15N3O/c1-11(20)8-12-5-6-14-15(9-12)19(2)16(18-14)13-4-3-7-17-10-13/h3-7,9-10H,8H2,1-2H3. The van der Waals surface area contributed by atoms with E-state index in [-0.39, 0.29) is 5.78 Å². The van der Waals surface area contributed by atoms with Gasteiger partial charge in [-0.2, -0.15) is 0 Å². The second kappa shape index (κ2) is 4.89.